The van der Waals surface area contributed by atoms with Crippen molar-refractivity contribution >= 4 is 27.7 Å². The van der Waals surface area contributed by atoms with Crippen molar-refractivity contribution in [2.45, 2.75) is 19.9 Å². The number of H-pyrrole nitrogens is 2. The molecule has 0 aliphatic carbocycles. The Kier molecular flexibility index (Phi) is 4.24. The van der Waals surface area contributed by atoms with Crippen molar-refractivity contribution in [3.8, 4) is 0 Å². The Balaban J connectivity index is 1.56. The predicted octanol–water partition coefficient (Wildman–Crippen LogP) is 2.91. The van der Waals surface area contributed by atoms with E-state index in [4.69, 9.17) is 0 Å². The third kappa shape index (κ3) is 3.21. The van der Waals surface area contributed by atoms with Gasteiger partial charge in [-0.05, 0) is 30.7 Å². The Bertz CT molecular complexity index is 1210. The summed E-state index contributed by atoms with van der Waals surface area (Å²) in [7, 11) is 1.72. The SMILES string of the molecule is Cc1[nH]c2ccccc2c1CC(=O)N(C)Cc1nc2ccccc2c(=O)[nH]1. The van der Waals surface area contributed by atoms with Gasteiger partial charge in [-0.2, -0.15) is 0 Å². The van der Waals surface area contributed by atoms with Gasteiger partial charge in [0.05, 0.1) is 23.9 Å². The van der Waals surface area contributed by atoms with E-state index in [9.17, 15) is 9.59 Å². The number of aromatic nitrogens is 3. The molecule has 6 nitrogen and oxygen atoms in total. The fraction of sp³-hybridized carbons (Fsp3) is 0.190. The quantitative estimate of drug-likeness (QED) is 0.587. The summed E-state index contributed by atoms with van der Waals surface area (Å²) in [6.07, 6.45) is 0.296. The number of hydrogen-bond donors (Lipinski definition) is 2. The molecule has 0 saturated carbocycles. The van der Waals surface area contributed by atoms with Gasteiger partial charge in [0.25, 0.3) is 5.56 Å². The van der Waals surface area contributed by atoms with Gasteiger partial charge in [-0.25, -0.2) is 4.98 Å². The highest BCUT2D eigenvalue weighted by Crippen LogP contribution is 2.22. The average molecular weight is 360 g/mol. The minimum atomic E-state index is -0.191. The first-order valence-corrected chi connectivity index (χ1v) is 8.81. The molecular weight excluding hydrogens is 340 g/mol. The molecule has 0 fully saturated rings. The summed E-state index contributed by atoms with van der Waals surface area (Å²) in [5, 5.41) is 1.61. The minimum absolute atomic E-state index is 0.0290. The van der Waals surface area contributed by atoms with Crippen molar-refractivity contribution in [1.82, 2.24) is 19.9 Å². The van der Waals surface area contributed by atoms with Crippen LogP contribution in [0.4, 0.5) is 0 Å². The monoisotopic (exact) mass is 360 g/mol. The molecule has 1 amide bonds. The number of rotatable bonds is 4. The van der Waals surface area contributed by atoms with Crippen molar-refractivity contribution in [2.75, 3.05) is 7.05 Å². The number of nitrogens with one attached hydrogen (secondary N) is 2. The van der Waals surface area contributed by atoms with Crippen LogP contribution in [0.1, 0.15) is 17.1 Å². The Morgan fingerprint density at radius 1 is 1.04 bits per heavy atom. The lowest BCUT2D eigenvalue weighted by Gasteiger charge is -2.17. The van der Waals surface area contributed by atoms with Crippen molar-refractivity contribution in [3.63, 3.8) is 0 Å². The Hall–Kier alpha value is -3.41. The molecule has 0 spiro atoms. The number of aryl methyl sites for hydroxylation is 1. The van der Waals surface area contributed by atoms with E-state index < -0.39 is 0 Å². The molecule has 0 bridgehead atoms. The second-order valence-electron chi connectivity index (χ2n) is 6.73. The summed E-state index contributed by atoms with van der Waals surface area (Å²) < 4.78 is 0. The van der Waals surface area contributed by atoms with Gasteiger partial charge in [0.1, 0.15) is 5.82 Å². The van der Waals surface area contributed by atoms with E-state index in [1.807, 2.05) is 37.3 Å². The highest BCUT2D eigenvalue weighted by molar-refractivity contribution is 5.90. The van der Waals surface area contributed by atoms with Crippen LogP contribution in [-0.2, 0) is 17.8 Å². The number of amides is 1. The average Bonchev–Trinajstić information content (AvgIpc) is 2.97. The van der Waals surface area contributed by atoms with Crippen LogP contribution in [0.2, 0.25) is 0 Å². The van der Waals surface area contributed by atoms with Crippen LogP contribution in [0.25, 0.3) is 21.8 Å². The molecule has 0 aliphatic rings. The lowest BCUT2D eigenvalue weighted by atomic mass is 10.1. The summed E-state index contributed by atoms with van der Waals surface area (Å²) in [4.78, 5) is 37.1. The van der Waals surface area contributed by atoms with Gasteiger partial charge in [0.15, 0.2) is 0 Å². The molecular formula is C21H20N4O2. The van der Waals surface area contributed by atoms with Gasteiger partial charge < -0.3 is 14.9 Å². The van der Waals surface area contributed by atoms with Crippen molar-refractivity contribution < 1.29 is 4.79 Å². The molecule has 27 heavy (non-hydrogen) atoms. The second-order valence-corrected chi connectivity index (χ2v) is 6.73. The number of likely N-dealkylation sites (N-methyl/N-ethyl adjacent to an activating group) is 1. The van der Waals surface area contributed by atoms with E-state index in [1.165, 1.54) is 0 Å². The molecule has 136 valence electrons. The number of nitrogens with zero attached hydrogens (tertiary/aromatic N) is 2. The number of carbonyl (C=O) groups is 1. The van der Waals surface area contributed by atoms with Gasteiger partial charge in [0, 0.05) is 23.6 Å². The van der Waals surface area contributed by atoms with E-state index in [0.29, 0.717) is 23.1 Å². The number of hydrogen-bond acceptors (Lipinski definition) is 3. The van der Waals surface area contributed by atoms with Crippen molar-refractivity contribution in [2.24, 2.45) is 0 Å². The van der Waals surface area contributed by atoms with E-state index in [2.05, 4.69) is 15.0 Å². The van der Waals surface area contributed by atoms with E-state index in [1.54, 1.807) is 30.1 Å². The first-order valence-electron chi connectivity index (χ1n) is 8.81. The zero-order valence-electron chi connectivity index (χ0n) is 15.2. The van der Waals surface area contributed by atoms with E-state index >= 15 is 0 Å². The number of aromatic amines is 2. The Morgan fingerprint density at radius 2 is 1.74 bits per heavy atom. The number of benzene rings is 2. The molecule has 2 N–H and O–H groups in total. The molecule has 2 aromatic carbocycles. The van der Waals surface area contributed by atoms with Gasteiger partial charge in [0.2, 0.25) is 5.91 Å². The highest BCUT2D eigenvalue weighted by atomic mass is 16.2. The summed E-state index contributed by atoms with van der Waals surface area (Å²) in [6, 6.07) is 15.1. The summed E-state index contributed by atoms with van der Waals surface area (Å²) >= 11 is 0. The molecule has 6 heteroatoms. The zero-order valence-corrected chi connectivity index (χ0v) is 15.2. The topological polar surface area (TPSA) is 81.8 Å². The third-order valence-electron chi connectivity index (χ3n) is 4.83. The zero-order chi connectivity index (χ0) is 19.0. The first-order chi connectivity index (χ1) is 13.0. The Morgan fingerprint density at radius 3 is 2.56 bits per heavy atom. The normalized spacial score (nSPS) is 11.2. The van der Waals surface area contributed by atoms with Gasteiger partial charge in [-0.1, -0.05) is 30.3 Å². The van der Waals surface area contributed by atoms with Crippen LogP contribution < -0.4 is 5.56 Å². The fourth-order valence-electron chi connectivity index (χ4n) is 3.37. The van der Waals surface area contributed by atoms with Crippen LogP contribution in [0.5, 0.6) is 0 Å². The maximum absolute atomic E-state index is 12.8. The summed E-state index contributed by atoms with van der Waals surface area (Å²) in [5.41, 5.74) is 3.46. The van der Waals surface area contributed by atoms with Crippen LogP contribution in [0.15, 0.2) is 53.3 Å². The largest absolute Gasteiger partial charge is 0.358 e. The molecule has 2 heterocycles. The molecule has 2 aromatic heterocycles. The second kappa shape index (κ2) is 6.72. The van der Waals surface area contributed by atoms with Crippen LogP contribution in [0, 0.1) is 6.92 Å². The van der Waals surface area contributed by atoms with Crippen molar-refractivity contribution in [1.29, 1.82) is 0 Å². The maximum atomic E-state index is 12.8. The molecule has 0 saturated heterocycles. The number of carbonyl (C=O) groups excluding carboxylic acids is 1. The van der Waals surface area contributed by atoms with E-state index in [0.717, 1.165) is 22.2 Å². The predicted molar refractivity (Wildman–Crippen MR) is 106 cm³/mol. The van der Waals surface area contributed by atoms with Crippen LogP contribution in [-0.4, -0.2) is 32.8 Å². The van der Waals surface area contributed by atoms with Crippen LogP contribution >= 0.6 is 0 Å². The molecule has 4 rings (SSSR count). The first kappa shape index (κ1) is 17.0. The molecule has 0 atom stereocenters. The lowest BCUT2D eigenvalue weighted by Crippen LogP contribution is -2.29. The van der Waals surface area contributed by atoms with Gasteiger partial charge >= 0.3 is 0 Å². The molecule has 0 unspecified atom stereocenters. The molecule has 4 aromatic rings. The van der Waals surface area contributed by atoms with Gasteiger partial charge in [-0.15, -0.1) is 0 Å². The standard InChI is InChI=1S/C21H20N4O2/c1-13-16(14-7-3-5-9-17(14)22-13)11-20(26)25(2)12-19-23-18-10-6-4-8-15(18)21(27)24-19/h3-10,22H,11-12H2,1-2H3,(H,23,24,27). The van der Waals surface area contributed by atoms with Gasteiger partial charge in [-0.3, -0.25) is 9.59 Å². The van der Waals surface area contributed by atoms with Crippen molar-refractivity contribution in [3.05, 3.63) is 76.0 Å². The Labute approximate surface area is 155 Å². The smallest absolute Gasteiger partial charge is 0.258 e. The molecule has 0 radical (unpaired) electrons. The van der Waals surface area contributed by atoms with E-state index in [-0.39, 0.29) is 18.0 Å². The number of para-hydroxylation sites is 2. The number of fused-ring (bicyclic) bond motifs is 2. The summed E-state index contributed by atoms with van der Waals surface area (Å²) in [6.45, 7) is 2.23. The third-order valence-corrected chi connectivity index (χ3v) is 4.83. The van der Waals surface area contributed by atoms with Crippen LogP contribution in [0.3, 0.4) is 0 Å². The maximum Gasteiger partial charge on any atom is 0.258 e. The highest BCUT2D eigenvalue weighted by Gasteiger charge is 2.16. The lowest BCUT2D eigenvalue weighted by molar-refractivity contribution is -0.129. The fourth-order valence-corrected chi connectivity index (χ4v) is 3.37. The minimum Gasteiger partial charge on any atom is -0.358 e. The molecule has 0 aliphatic heterocycles. The summed E-state index contributed by atoms with van der Waals surface area (Å²) in [5.74, 6) is 0.448.